The van der Waals surface area contributed by atoms with E-state index in [0.29, 0.717) is 12.1 Å². The van der Waals surface area contributed by atoms with Gasteiger partial charge in [-0.2, -0.15) is 18.4 Å². The molecular weight excluding hydrogens is 445 g/mol. The van der Waals surface area contributed by atoms with Crippen molar-refractivity contribution in [1.82, 2.24) is 4.57 Å². The van der Waals surface area contributed by atoms with E-state index >= 15 is 0 Å². The molecule has 1 aromatic heterocycles. The van der Waals surface area contributed by atoms with Gasteiger partial charge >= 0.3 is 12.1 Å². The summed E-state index contributed by atoms with van der Waals surface area (Å²) in [7, 11) is 1.04. The van der Waals surface area contributed by atoms with Crippen molar-refractivity contribution < 1.29 is 27.1 Å². The van der Waals surface area contributed by atoms with E-state index in [9.17, 15) is 22.4 Å². The van der Waals surface area contributed by atoms with Gasteiger partial charge in [0.1, 0.15) is 11.9 Å². The number of nitrogen functional groups attached to an aromatic ring is 1. The highest BCUT2D eigenvalue weighted by molar-refractivity contribution is 14.1. The van der Waals surface area contributed by atoms with Crippen LogP contribution < -0.4 is 5.73 Å². The molecule has 0 unspecified atom stereocenters. The number of hydrogen-bond donors (Lipinski definition) is 1. The molecule has 0 saturated heterocycles. The molecule has 0 amide bonds. The number of halogens is 5. The summed E-state index contributed by atoms with van der Waals surface area (Å²) in [5.74, 6) is -2.09. The number of carbonyl (C=O) groups excluding carboxylic acids is 1. The van der Waals surface area contributed by atoms with E-state index in [1.165, 1.54) is 22.6 Å². The van der Waals surface area contributed by atoms with Crippen LogP contribution in [0.1, 0.15) is 21.6 Å². The molecule has 0 aliphatic rings. The van der Waals surface area contributed by atoms with Crippen molar-refractivity contribution in [3.8, 4) is 11.8 Å². The number of rotatable bonds is 2. The van der Waals surface area contributed by atoms with E-state index in [2.05, 4.69) is 4.74 Å². The summed E-state index contributed by atoms with van der Waals surface area (Å²) < 4.78 is 58.0. The minimum atomic E-state index is -4.79. The summed E-state index contributed by atoms with van der Waals surface area (Å²) >= 11 is 1.50. The predicted molar refractivity (Wildman–Crippen MR) is 83.9 cm³/mol. The van der Waals surface area contributed by atoms with Crippen LogP contribution in [0.5, 0.6) is 0 Å². The molecule has 1 heterocycles. The number of methoxy groups -OCH3 is 1. The third-order valence-electron chi connectivity index (χ3n) is 3.14. The first-order valence-corrected chi connectivity index (χ1v) is 7.25. The third-order valence-corrected chi connectivity index (χ3v) is 4.21. The van der Waals surface area contributed by atoms with Crippen molar-refractivity contribution in [2.45, 2.75) is 6.18 Å². The largest absolute Gasteiger partial charge is 0.464 e. The highest BCUT2D eigenvalue weighted by atomic mass is 127. The number of nitrogens with two attached hydrogens (primary N) is 1. The first kappa shape index (κ1) is 18.1. The molecule has 0 spiro atoms. The topological polar surface area (TPSA) is 81.0 Å². The van der Waals surface area contributed by atoms with Gasteiger partial charge in [0, 0.05) is 6.20 Å². The Hall–Kier alpha value is -2.29. The molecule has 0 saturated carbocycles. The Balaban J connectivity index is 2.84. The molecule has 10 heteroatoms. The van der Waals surface area contributed by atoms with Crippen molar-refractivity contribution in [1.29, 1.82) is 5.26 Å². The standard InChI is InChI=1S/C14H8F4IN3O2/c1-24-13(23)12-11(21)6(4-20)5-22(12)9-3-7(14(16,17)18)2-8(15)10(9)19/h2-3,5H,21H2,1H3. The second-order valence-corrected chi connectivity index (χ2v) is 5.65. The molecule has 0 aliphatic heterocycles. The quantitative estimate of drug-likeness (QED) is 0.429. The number of nitriles is 1. The predicted octanol–water partition coefficient (Wildman–Crippen LogP) is 3.48. The SMILES string of the molecule is COC(=O)c1c(N)c(C#N)cn1-c1cc(C(F)(F)F)cc(F)c1I. The van der Waals surface area contributed by atoms with Crippen molar-refractivity contribution >= 4 is 34.2 Å². The van der Waals surface area contributed by atoms with Crippen molar-refractivity contribution in [3.05, 3.63) is 44.5 Å². The van der Waals surface area contributed by atoms with Gasteiger partial charge in [0.25, 0.3) is 0 Å². The fourth-order valence-corrected chi connectivity index (χ4v) is 2.59. The van der Waals surface area contributed by atoms with Gasteiger partial charge in [-0.1, -0.05) is 0 Å². The first-order valence-electron chi connectivity index (χ1n) is 6.17. The fourth-order valence-electron chi connectivity index (χ4n) is 2.02. The molecule has 5 nitrogen and oxygen atoms in total. The lowest BCUT2D eigenvalue weighted by Gasteiger charge is -2.14. The number of aromatic nitrogens is 1. The molecule has 24 heavy (non-hydrogen) atoms. The molecule has 126 valence electrons. The molecule has 0 radical (unpaired) electrons. The number of anilines is 1. The zero-order valence-electron chi connectivity index (χ0n) is 11.9. The normalized spacial score (nSPS) is 11.2. The molecule has 0 atom stereocenters. The molecule has 0 bridgehead atoms. The number of benzene rings is 1. The van der Waals surface area contributed by atoms with Gasteiger partial charge in [0.05, 0.1) is 33.2 Å². The van der Waals surface area contributed by atoms with Crippen LogP contribution >= 0.6 is 22.6 Å². The van der Waals surface area contributed by atoms with Crippen LogP contribution in [0.3, 0.4) is 0 Å². The maximum Gasteiger partial charge on any atom is 0.416 e. The summed E-state index contributed by atoms with van der Waals surface area (Å²) in [6.45, 7) is 0. The van der Waals surface area contributed by atoms with Crippen LogP contribution in [0.15, 0.2) is 18.3 Å². The molecule has 2 aromatic rings. The van der Waals surface area contributed by atoms with Crippen LogP contribution in [0.25, 0.3) is 5.69 Å². The van der Waals surface area contributed by atoms with E-state index in [1.54, 1.807) is 6.07 Å². The molecule has 2 rings (SSSR count). The summed E-state index contributed by atoms with van der Waals surface area (Å²) in [4.78, 5) is 11.9. The van der Waals surface area contributed by atoms with Crippen LogP contribution in [-0.4, -0.2) is 17.6 Å². The Morgan fingerprint density at radius 1 is 1.42 bits per heavy atom. The Labute approximate surface area is 146 Å². The van der Waals surface area contributed by atoms with Gasteiger partial charge in [-0.3, -0.25) is 0 Å². The number of esters is 1. The summed E-state index contributed by atoms with van der Waals surface area (Å²) in [6, 6.07) is 2.72. The van der Waals surface area contributed by atoms with E-state index in [1.807, 2.05) is 0 Å². The Bertz CT molecular complexity index is 868. The number of carbonyl (C=O) groups is 1. The minimum absolute atomic E-state index is 0.149. The van der Waals surface area contributed by atoms with Crippen molar-refractivity contribution in [2.24, 2.45) is 0 Å². The van der Waals surface area contributed by atoms with Gasteiger partial charge in [-0.15, -0.1) is 0 Å². The lowest BCUT2D eigenvalue weighted by Crippen LogP contribution is -2.14. The zero-order valence-corrected chi connectivity index (χ0v) is 14.1. The second kappa shape index (κ2) is 6.31. The molecule has 0 aliphatic carbocycles. The number of ether oxygens (including phenoxy) is 1. The Kier molecular flexibility index (Phi) is 4.75. The van der Waals surface area contributed by atoms with Crippen LogP contribution in [-0.2, 0) is 10.9 Å². The first-order chi connectivity index (χ1) is 11.1. The van der Waals surface area contributed by atoms with Gasteiger partial charge in [-0.05, 0) is 34.7 Å². The van der Waals surface area contributed by atoms with Gasteiger partial charge < -0.3 is 15.0 Å². The zero-order chi connectivity index (χ0) is 18.2. The second-order valence-electron chi connectivity index (χ2n) is 4.57. The number of hydrogen-bond acceptors (Lipinski definition) is 4. The van der Waals surface area contributed by atoms with E-state index in [-0.39, 0.29) is 26.2 Å². The molecule has 2 N–H and O–H groups in total. The van der Waals surface area contributed by atoms with Crippen LogP contribution in [0.4, 0.5) is 23.2 Å². The van der Waals surface area contributed by atoms with Crippen LogP contribution in [0.2, 0.25) is 0 Å². The average molecular weight is 453 g/mol. The Morgan fingerprint density at radius 2 is 2.04 bits per heavy atom. The number of nitrogens with zero attached hydrogens (tertiary/aromatic N) is 2. The third kappa shape index (κ3) is 3.03. The van der Waals surface area contributed by atoms with Crippen LogP contribution in [0, 0.1) is 20.7 Å². The highest BCUT2D eigenvalue weighted by Crippen LogP contribution is 2.35. The van der Waals surface area contributed by atoms with E-state index in [0.717, 1.165) is 17.9 Å². The van der Waals surface area contributed by atoms with E-state index < -0.39 is 23.5 Å². The molecule has 0 fully saturated rings. The highest BCUT2D eigenvalue weighted by Gasteiger charge is 2.33. The van der Waals surface area contributed by atoms with Crippen molar-refractivity contribution in [2.75, 3.05) is 12.8 Å². The van der Waals surface area contributed by atoms with Crippen molar-refractivity contribution in [3.63, 3.8) is 0 Å². The lowest BCUT2D eigenvalue weighted by atomic mass is 10.2. The maximum atomic E-state index is 13.9. The van der Waals surface area contributed by atoms with Gasteiger partial charge in [0.15, 0.2) is 5.69 Å². The number of alkyl halides is 3. The summed E-state index contributed by atoms with van der Waals surface area (Å²) in [6.07, 6.45) is -3.74. The summed E-state index contributed by atoms with van der Waals surface area (Å²) in [5.41, 5.74) is 3.39. The maximum absolute atomic E-state index is 13.9. The lowest BCUT2D eigenvalue weighted by molar-refractivity contribution is -0.137. The monoisotopic (exact) mass is 453 g/mol. The Morgan fingerprint density at radius 3 is 2.54 bits per heavy atom. The molecular formula is C14H8F4IN3O2. The van der Waals surface area contributed by atoms with Gasteiger partial charge in [-0.25, -0.2) is 9.18 Å². The minimum Gasteiger partial charge on any atom is -0.464 e. The fraction of sp³-hybridized carbons (Fsp3) is 0.143. The summed E-state index contributed by atoms with van der Waals surface area (Å²) in [5, 5.41) is 9.01. The van der Waals surface area contributed by atoms with Gasteiger partial charge in [0.2, 0.25) is 0 Å². The molecule has 1 aromatic carbocycles. The smallest absolute Gasteiger partial charge is 0.416 e. The average Bonchev–Trinajstić information content (AvgIpc) is 2.84. The van der Waals surface area contributed by atoms with E-state index in [4.69, 9.17) is 11.0 Å².